The molecule has 7 nitrogen and oxygen atoms in total. The maximum atomic E-state index is 12.0. The van der Waals surface area contributed by atoms with Gasteiger partial charge in [-0.25, -0.2) is 8.42 Å². The molecule has 1 rings (SSSR count). The molecular formula is C10H20N2O5S. The van der Waals surface area contributed by atoms with Gasteiger partial charge < -0.3 is 15.2 Å². The molecule has 0 aromatic rings. The molecule has 1 saturated heterocycles. The molecule has 0 aliphatic carbocycles. The first-order valence-corrected chi connectivity index (χ1v) is 7.52. The Hall–Kier alpha value is -0.700. The number of rotatable bonds is 7. The molecule has 1 aliphatic rings. The van der Waals surface area contributed by atoms with Gasteiger partial charge in [-0.2, -0.15) is 4.31 Å². The van der Waals surface area contributed by atoms with Crippen LogP contribution in [0.3, 0.4) is 0 Å². The quantitative estimate of drug-likeness (QED) is 0.627. The van der Waals surface area contributed by atoms with E-state index in [0.717, 1.165) is 0 Å². The number of hydrogen-bond donors (Lipinski definition) is 2. The van der Waals surface area contributed by atoms with Crippen LogP contribution in [0.25, 0.3) is 0 Å². The largest absolute Gasteiger partial charge is 0.481 e. The molecular weight excluding hydrogens is 260 g/mol. The topological polar surface area (TPSA) is 95.9 Å². The summed E-state index contributed by atoms with van der Waals surface area (Å²) in [6, 6.07) is 0. The van der Waals surface area contributed by atoms with E-state index in [0.29, 0.717) is 26.2 Å². The molecule has 2 N–H and O–H groups in total. The molecule has 1 aliphatic heterocycles. The molecule has 1 heterocycles. The number of morpholine rings is 1. The molecule has 106 valence electrons. The first-order valence-electron chi connectivity index (χ1n) is 5.91. The highest BCUT2D eigenvalue weighted by Crippen LogP contribution is 2.11. The van der Waals surface area contributed by atoms with Crippen LogP contribution in [0.2, 0.25) is 0 Å². The second-order valence-corrected chi connectivity index (χ2v) is 6.31. The zero-order valence-corrected chi connectivity index (χ0v) is 11.3. The Labute approximate surface area is 107 Å². The van der Waals surface area contributed by atoms with E-state index in [1.54, 1.807) is 7.05 Å². The second-order valence-electron chi connectivity index (χ2n) is 4.22. The normalized spacial score (nSPS) is 21.9. The van der Waals surface area contributed by atoms with Crippen molar-refractivity contribution < 1.29 is 23.1 Å². The zero-order valence-electron chi connectivity index (χ0n) is 10.5. The number of nitrogens with one attached hydrogen (secondary N) is 1. The van der Waals surface area contributed by atoms with Gasteiger partial charge >= 0.3 is 5.97 Å². The highest BCUT2D eigenvalue weighted by Gasteiger charge is 2.28. The van der Waals surface area contributed by atoms with Crippen LogP contribution in [0.5, 0.6) is 0 Å². The van der Waals surface area contributed by atoms with Gasteiger partial charge in [0, 0.05) is 26.1 Å². The second kappa shape index (κ2) is 7.03. The highest BCUT2D eigenvalue weighted by atomic mass is 32.2. The summed E-state index contributed by atoms with van der Waals surface area (Å²) in [5.74, 6) is -1.09. The summed E-state index contributed by atoms with van der Waals surface area (Å²) < 4.78 is 30.8. The van der Waals surface area contributed by atoms with Gasteiger partial charge in [-0.3, -0.25) is 4.79 Å². The molecule has 0 aromatic carbocycles. The monoisotopic (exact) mass is 280 g/mol. The third-order valence-corrected chi connectivity index (χ3v) is 4.64. The van der Waals surface area contributed by atoms with Crippen LogP contribution in [0.4, 0.5) is 0 Å². The maximum absolute atomic E-state index is 12.0. The average molecular weight is 280 g/mol. The van der Waals surface area contributed by atoms with Gasteiger partial charge in [0.05, 0.1) is 18.5 Å². The summed E-state index contributed by atoms with van der Waals surface area (Å²) in [6.45, 7) is 1.65. The fraction of sp³-hybridized carbons (Fsp3) is 0.900. The number of hydrogen-bond acceptors (Lipinski definition) is 5. The van der Waals surface area contributed by atoms with Gasteiger partial charge in [0.25, 0.3) is 0 Å². The van der Waals surface area contributed by atoms with Crippen molar-refractivity contribution in [2.75, 3.05) is 39.0 Å². The van der Waals surface area contributed by atoms with Crippen molar-refractivity contribution in [1.29, 1.82) is 0 Å². The van der Waals surface area contributed by atoms with Crippen LogP contribution in [0.15, 0.2) is 0 Å². The van der Waals surface area contributed by atoms with Crippen LogP contribution in [-0.4, -0.2) is 68.9 Å². The van der Waals surface area contributed by atoms with E-state index in [-0.39, 0.29) is 24.7 Å². The van der Waals surface area contributed by atoms with E-state index in [2.05, 4.69) is 5.32 Å². The lowest BCUT2D eigenvalue weighted by Gasteiger charge is -2.32. The first-order chi connectivity index (χ1) is 8.45. The van der Waals surface area contributed by atoms with Crippen molar-refractivity contribution in [2.24, 2.45) is 0 Å². The summed E-state index contributed by atoms with van der Waals surface area (Å²) in [5, 5.41) is 11.4. The molecule has 18 heavy (non-hydrogen) atoms. The van der Waals surface area contributed by atoms with Crippen molar-refractivity contribution in [1.82, 2.24) is 9.62 Å². The summed E-state index contributed by atoms with van der Waals surface area (Å²) >= 11 is 0. The molecule has 8 heteroatoms. The van der Waals surface area contributed by atoms with E-state index in [1.807, 2.05) is 0 Å². The zero-order chi connectivity index (χ0) is 13.6. The predicted octanol–water partition coefficient (Wildman–Crippen LogP) is -0.899. The van der Waals surface area contributed by atoms with Crippen LogP contribution in [0.1, 0.15) is 12.8 Å². The molecule has 1 fully saturated rings. The third-order valence-electron chi connectivity index (χ3n) is 2.72. The van der Waals surface area contributed by atoms with Crippen LogP contribution in [-0.2, 0) is 19.6 Å². The summed E-state index contributed by atoms with van der Waals surface area (Å²) in [6.07, 6.45) is -0.118. The molecule has 0 saturated carbocycles. The molecule has 0 aromatic heterocycles. The Morgan fingerprint density at radius 1 is 1.56 bits per heavy atom. The number of nitrogens with zero attached hydrogens (tertiary/aromatic N) is 1. The Morgan fingerprint density at radius 3 is 2.89 bits per heavy atom. The van der Waals surface area contributed by atoms with Crippen LogP contribution >= 0.6 is 0 Å². The Kier molecular flexibility index (Phi) is 6.00. The Balaban J connectivity index is 2.48. The lowest BCUT2D eigenvalue weighted by Crippen LogP contribution is -2.49. The van der Waals surface area contributed by atoms with Gasteiger partial charge in [0.2, 0.25) is 10.0 Å². The van der Waals surface area contributed by atoms with E-state index in [4.69, 9.17) is 9.84 Å². The van der Waals surface area contributed by atoms with Crippen LogP contribution < -0.4 is 5.32 Å². The number of sulfonamides is 1. The fourth-order valence-electron chi connectivity index (χ4n) is 1.83. The lowest BCUT2D eigenvalue weighted by atomic mass is 10.3. The highest BCUT2D eigenvalue weighted by molar-refractivity contribution is 7.89. The van der Waals surface area contributed by atoms with E-state index < -0.39 is 16.0 Å². The predicted molar refractivity (Wildman–Crippen MR) is 65.9 cm³/mol. The summed E-state index contributed by atoms with van der Waals surface area (Å²) in [4.78, 5) is 10.4. The number of aliphatic carboxylic acids is 1. The average Bonchev–Trinajstić information content (AvgIpc) is 2.29. The maximum Gasteiger partial charge on any atom is 0.303 e. The van der Waals surface area contributed by atoms with Gasteiger partial charge in [-0.15, -0.1) is 0 Å². The fourth-order valence-corrected chi connectivity index (χ4v) is 3.34. The number of ether oxygens (including phenoxy) is 1. The number of carboxylic acids is 1. The van der Waals surface area contributed by atoms with E-state index >= 15 is 0 Å². The standard InChI is InChI=1S/C10H20N2O5S/c1-11-7-9-8-12(4-5-17-9)18(15,16)6-2-3-10(13)14/h9,11H,2-8H2,1H3,(H,13,14). The molecule has 0 radical (unpaired) electrons. The molecule has 0 amide bonds. The smallest absolute Gasteiger partial charge is 0.303 e. The van der Waals surface area contributed by atoms with Crippen LogP contribution in [0, 0.1) is 0 Å². The van der Waals surface area contributed by atoms with E-state index in [9.17, 15) is 13.2 Å². The van der Waals surface area contributed by atoms with E-state index in [1.165, 1.54) is 4.31 Å². The van der Waals surface area contributed by atoms with Gasteiger partial charge in [0.15, 0.2) is 0 Å². The molecule has 0 bridgehead atoms. The van der Waals surface area contributed by atoms with Crippen molar-refractivity contribution in [2.45, 2.75) is 18.9 Å². The minimum atomic E-state index is -3.37. The van der Waals surface area contributed by atoms with Crippen molar-refractivity contribution >= 4 is 16.0 Å². The molecule has 1 unspecified atom stereocenters. The van der Waals surface area contributed by atoms with Crippen molar-refractivity contribution in [3.05, 3.63) is 0 Å². The SMILES string of the molecule is CNCC1CN(S(=O)(=O)CCCC(=O)O)CCO1. The first kappa shape index (κ1) is 15.4. The molecule has 0 spiro atoms. The minimum absolute atomic E-state index is 0.119. The minimum Gasteiger partial charge on any atom is -0.481 e. The lowest BCUT2D eigenvalue weighted by molar-refractivity contribution is -0.137. The van der Waals surface area contributed by atoms with Gasteiger partial charge in [-0.05, 0) is 13.5 Å². The number of carbonyl (C=O) groups is 1. The Morgan fingerprint density at radius 2 is 2.28 bits per heavy atom. The van der Waals surface area contributed by atoms with Gasteiger partial charge in [-0.1, -0.05) is 0 Å². The van der Waals surface area contributed by atoms with Crippen molar-refractivity contribution in [3.63, 3.8) is 0 Å². The Bertz CT molecular complexity index is 368. The number of likely N-dealkylation sites (N-methyl/N-ethyl adjacent to an activating group) is 1. The van der Waals surface area contributed by atoms with Crippen molar-refractivity contribution in [3.8, 4) is 0 Å². The number of carboxylic acid groups (broad SMARTS) is 1. The molecule has 1 atom stereocenters. The summed E-state index contributed by atoms with van der Waals surface area (Å²) in [7, 11) is -1.59. The third kappa shape index (κ3) is 4.89. The summed E-state index contributed by atoms with van der Waals surface area (Å²) in [5.41, 5.74) is 0. The van der Waals surface area contributed by atoms with Gasteiger partial charge in [0.1, 0.15) is 0 Å².